The first-order valence-electron chi connectivity index (χ1n) is 11.5. The number of aromatic nitrogens is 1. The monoisotopic (exact) mass is 476 g/mol. The number of nitrogens with two attached hydrogens (primary N) is 2. The number of primary amides is 1. The highest BCUT2D eigenvalue weighted by atomic mass is 32.2. The van der Waals surface area contributed by atoms with E-state index in [2.05, 4.69) is 17.0 Å². The molecule has 34 heavy (non-hydrogen) atoms. The minimum Gasteiger partial charge on any atom is -0.377 e. The van der Waals surface area contributed by atoms with Crippen LogP contribution in [0, 0.1) is 22.7 Å². The summed E-state index contributed by atoms with van der Waals surface area (Å²) in [7, 11) is 0. The number of hydrogen-bond donors (Lipinski definition) is 2. The lowest BCUT2D eigenvalue weighted by atomic mass is 9.98. The fourth-order valence-electron chi connectivity index (χ4n) is 4.38. The third kappa shape index (κ3) is 5.18. The Balaban J connectivity index is 1.72. The van der Waals surface area contributed by atoms with Crippen molar-refractivity contribution in [3.8, 4) is 12.1 Å². The molecule has 1 amide bonds. The van der Waals surface area contributed by atoms with Gasteiger partial charge in [-0.25, -0.2) is 4.98 Å². The van der Waals surface area contributed by atoms with Gasteiger partial charge in [0.2, 0.25) is 5.91 Å². The molecule has 1 aliphatic heterocycles. The van der Waals surface area contributed by atoms with Gasteiger partial charge in [0.1, 0.15) is 28.2 Å². The maximum absolute atomic E-state index is 12.4. The van der Waals surface area contributed by atoms with Gasteiger partial charge >= 0.3 is 0 Å². The Bertz CT molecular complexity index is 1110. The fourth-order valence-corrected chi connectivity index (χ4v) is 5.43. The summed E-state index contributed by atoms with van der Waals surface area (Å²) in [5, 5.41) is 19.9. The standard InChI is InChI=1S/C25H28N6O2S/c26-10-13-33-18-8-11-31(12-9-18)24-19(14-27)21(16-6-7-16)20(15-28)25(30-24)34-22(23(29)32)17-4-2-1-3-5-17/h1-5,16,18,22H,6-13,26H2,(H2,29,32). The third-order valence-electron chi connectivity index (χ3n) is 6.20. The zero-order valence-corrected chi connectivity index (χ0v) is 19.8. The van der Waals surface area contributed by atoms with Crippen molar-refractivity contribution in [2.24, 2.45) is 11.5 Å². The second-order valence-electron chi connectivity index (χ2n) is 8.56. The van der Waals surface area contributed by atoms with Gasteiger partial charge in [-0.2, -0.15) is 10.5 Å². The molecule has 2 aromatic rings. The summed E-state index contributed by atoms with van der Waals surface area (Å²) in [6.45, 7) is 2.40. The topological polar surface area (TPSA) is 142 Å². The van der Waals surface area contributed by atoms with E-state index in [1.165, 1.54) is 11.8 Å². The van der Waals surface area contributed by atoms with E-state index in [1.54, 1.807) is 0 Å². The molecule has 0 radical (unpaired) electrons. The summed E-state index contributed by atoms with van der Waals surface area (Å²) in [6.07, 6.45) is 3.62. The van der Waals surface area contributed by atoms with Crippen LogP contribution in [0.1, 0.15) is 59.1 Å². The molecule has 9 heteroatoms. The number of amides is 1. The number of piperidine rings is 1. The lowest BCUT2D eigenvalue weighted by Gasteiger charge is -2.34. The number of anilines is 1. The van der Waals surface area contributed by atoms with Crippen molar-refractivity contribution >= 4 is 23.5 Å². The Morgan fingerprint density at radius 3 is 2.38 bits per heavy atom. The summed E-state index contributed by atoms with van der Waals surface area (Å²) in [5.74, 6) is 0.248. The van der Waals surface area contributed by atoms with Crippen LogP contribution in [0.25, 0.3) is 0 Å². The van der Waals surface area contributed by atoms with E-state index in [-0.39, 0.29) is 12.0 Å². The predicted molar refractivity (Wildman–Crippen MR) is 130 cm³/mol. The van der Waals surface area contributed by atoms with Gasteiger partial charge in [-0.15, -0.1) is 0 Å². The van der Waals surface area contributed by atoms with Gasteiger partial charge in [0.05, 0.1) is 23.8 Å². The van der Waals surface area contributed by atoms with Crippen molar-refractivity contribution in [2.75, 3.05) is 31.1 Å². The first-order valence-corrected chi connectivity index (χ1v) is 12.4. The maximum Gasteiger partial charge on any atom is 0.235 e. The second-order valence-corrected chi connectivity index (χ2v) is 9.65. The van der Waals surface area contributed by atoms with Gasteiger partial charge in [-0.1, -0.05) is 42.1 Å². The quantitative estimate of drug-likeness (QED) is 0.526. The zero-order valence-electron chi connectivity index (χ0n) is 18.9. The van der Waals surface area contributed by atoms with Gasteiger partial charge < -0.3 is 21.1 Å². The van der Waals surface area contributed by atoms with Crippen LogP contribution < -0.4 is 16.4 Å². The number of benzene rings is 1. The summed E-state index contributed by atoms with van der Waals surface area (Å²) in [6, 6.07) is 13.9. The minimum absolute atomic E-state index is 0.137. The van der Waals surface area contributed by atoms with E-state index in [0.717, 1.165) is 36.8 Å². The summed E-state index contributed by atoms with van der Waals surface area (Å²) in [5.41, 5.74) is 13.7. The molecule has 4 N–H and O–H groups in total. The number of pyridine rings is 1. The lowest BCUT2D eigenvalue weighted by molar-refractivity contribution is -0.117. The number of carbonyl (C=O) groups is 1. The van der Waals surface area contributed by atoms with E-state index in [1.807, 2.05) is 30.3 Å². The summed E-state index contributed by atoms with van der Waals surface area (Å²) >= 11 is 1.19. The smallest absolute Gasteiger partial charge is 0.235 e. The van der Waals surface area contributed by atoms with Crippen molar-refractivity contribution in [3.63, 3.8) is 0 Å². The van der Waals surface area contributed by atoms with Crippen LogP contribution in [0.15, 0.2) is 35.4 Å². The molecular formula is C25H28N6O2S. The van der Waals surface area contributed by atoms with Crippen LogP contribution in [0.5, 0.6) is 0 Å². The molecule has 1 saturated heterocycles. The van der Waals surface area contributed by atoms with Crippen molar-refractivity contribution in [3.05, 3.63) is 52.6 Å². The Labute approximate surface area is 203 Å². The van der Waals surface area contributed by atoms with Crippen molar-refractivity contribution in [1.82, 2.24) is 4.98 Å². The molecule has 1 saturated carbocycles. The van der Waals surface area contributed by atoms with Crippen LogP contribution in [-0.2, 0) is 9.53 Å². The average Bonchev–Trinajstić information content (AvgIpc) is 3.71. The summed E-state index contributed by atoms with van der Waals surface area (Å²) in [4.78, 5) is 19.3. The van der Waals surface area contributed by atoms with E-state index in [9.17, 15) is 15.3 Å². The molecule has 4 rings (SSSR count). The predicted octanol–water partition coefficient (Wildman–Crippen LogP) is 2.97. The Morgan fingerprint density at radius 1 is 1.15 bits per heavy atom. The van der Waals surface area contributed by atoms with Crippen molar-refractivity contribution in [1.29, 1.82) is 10.5 Å². The molecule has 2 aliphatic rings. The van der Waals surface area contributed by atoms with Gasteiger partial charge in [0.25, 0.3) is 0 Å². The van der Waals surface area contributed by atoms with Crippen molar-refractivity contribution in [2.45, 2.75) is 48.0 Å². The largest absolute Gasteiger partial charge is 0.377 e. The van der Waals surface area contributed by atoms with E-state index in [4.69, 9.17) is 21.2 Å². The first-order chi connectivity index (χ1) is 16.6. The molecule has 1 aromatic carbocycles. The molecule has 1 aromatic heterocycles. The number of nitriles is 2. The molecule has 1 aliphatic carbocycles. The van der Waals surface area contributed by atoms with Crippen LogP contribution in [0.2, 0.25) is 0 Å². The number of thioether (sulfide) groups is 1. The maximum atomic E-state index is 12.4. The van der Waals surface area contributed by atoms with Crippen LogP contribution in [0.4, 0.5) is 5.82 Å². The highest BCUT2D eigenvalue weighted by molar-refractivity contribution is 8.00. The normalized spacial score (nSPS) is 17.1. The second kappa shape index (κ2) is 10.9. The van der Waals surface area contributed by atoms with Crippen molar-refractivity contribution < 1.29 is 9.53 Å². The highest BCUT2D eigenvalue weighted by Gasteiger charge is 2.36. The SMILES string of the molecule is N#Cc1c(SC(C(N)=O)c2ccccc2)nc(N2CCC(OCCN)CC2)c(C#N)c1C1CC1. The zero-order chi connectivity index (χ0) is 24.1. The molecule has 2 heterocycles. The summed E-state index contributed by atoms with van der Waals surface area (Å²) < 4.78 is 5.80. The van der Waals surface area contributed by atoms with Crippen LogP contribution in [-0.4, -0.2) is 43.2 Å². The number of hydrogen-bond acceptors (Lipinski definition) is 8. The number of carbonyl (C=O) groups excluding carboxylic acids is 1. The number of rotatable bonds is 9. The third-order valence-corrected chi connectivity index (χ3v) is 7.45. The fraction of sp³-hybridized carbons (Fsp3) is 0.440. The van der Waals surface area contributed by atoms with Gasteiger partial charge in [-0.3, -0.25) is 4.79 Å². The molecule has 0 spiro atoms. The lowest BCUT2D eigenvalue weighted by Crippen LogP contribution is -2.38. The Morgan fingerprint density at radius 2 is 1.82 bits per heavy atom. The number of ether oxygens (including phenoxy) is 1. The molecule has 2 fully saturated rings. The molecule has 1 atom stereocenters. The Hall–Kier alpha value is -3.11. The van der Waals surface area contributed by atoms with E-state index < -0.39 is 11.2 Å². The van der Waals surface area contributed by atoms with Crippen LogP contribution in [0.3, 0.4) is 0 Å². The van der Waals surface area contributed by atoms with E-state index >= 15 is 0 Å². The highest BCUT2D eigenvalue weighted by Crippen LogP contribution is 2.48. The molecule has 8 nitrogen and oxygen atoms in total. The molecule has 176 valence electrons. The Kier molecular flexibility index (Phi) is 7.69. The first kappa shape index (κ1) is 24.0. The van der Waals surface area contributed by atoms with Gasteiger partial charge in [-0.05, 0) is 42.7 Å². The average molecular weight is 477 g/mol. The number of nitrogens with zero attached hydrogens (tertiary/aromatic N) is 4. The van der Waals surface area contributed by atoms with Gasteiger partial charge in [0.15, 0.2) is 0 Å². The minimum atomic E-state index is -0.691. The molecule has 0 bridgehead atoms. The molecule has 1 unspecified atom stereocenters. The van der Waals surface area contributed by atoms with Gasteiger partial charge in [0, 0.05) is 19.6 Å². The molecular weight excluding hydrogens is 448 g/mol. The van der Waals surface area contributed by atoms with Crippen LogP contribution >= 0.6 is 11.8 Å². The van der Waals surface area contributed by atoms with E-state index in [0.29, 0.717) is 48.2 Å².